The van der Waals surface area contributed by atoms with Crippen LogP contribution >= 0.6 is 0 Å². The fourth-order valence-electron chi connectivity index (χ4n) is 3.78. The number of aliphatic carboxylic acids is 1. The Balaban J connectivity index is 2.01. The Morgan fingerprint density at radius 3 is 1.81 bits per heavy atom. The number of rotatable bonds is 3. The van der Waals surface area contributed by atoms with Crippen LogP contribution in [0.5, 0.6) is 0 Å². The second-order valence-corrected chi connectivity index (χ2v) is 6.83. The van der Waals surface area contributed by atoms with Gasteiger partial charge in [0.2, 0.25) is 5.91 Å². The lowest BCUT2D eigenvalue weighted by molar-refractivity contribution is -0.149. The van der Waals surface area contributed by atoms with Crippen molar-refractivity contribution in [2.24, 2.45) is 5.92 Å². The molecule has 120 valence electrons. The quantitative estimate of drug-likeness (QED) is 0.781. The van der Waals surface area contributed by atoms with Crippen molar-refractivity contribution in [3.8, 4) is 0 Å². The summed E-state index contributed by atoms with van der Waals surface area (Å²) in [5, 5.41) is 12.6. The van der Waals surface area contributed by atoms with Gasteiger partial charge in [-0.05, 0) is 25.7 Å². The Morgan fingerprint density at radius 2 is 1.29 bits per heavy atom. The second-order valence-electron chi connectivity index (χ2n) is 6.83. The largest absolute Gasteiger partial charge is 0.480 e. The van der Waals surface area contributed by atoms with E-state index >= 15 is 0 Å². The number of carboxylic acids is 1. The molecule has 2 rings (SSSR count). The predicted molar refractivity (Wildman–Crippen MR) is 82.0 cm³/mol. The molecule has 0 heterocycles. The molecule has 0 spiro atoms. The second kappa shape index (κ2) is 7.81. The maximum absolute atomic E-state index is 12.6. The van der Waals surface area contributed by atoms with E-state index in [9.17, 15) is 14.7 Å². The Bertz CT molecular complexity index is 351. The fourth-order valence-corrected chi connectivity index (χ4v) is 3.78. The molecule has 0 aromatic rings. The van der Waals surface area contributed by atoms with Crippen LogP contribution in [0, 0.1) is 5.92 Å². The van der Waals surface area contributed by atoms with Crippen LogP contribution in [0.2, 0.25) is 0 Å². The highest BCUT2D eigenvalue weighted by atomic mass is 16.4. The minimum Gasteiger partial charge on any atom is -0.480 e. The van der Waals surface area contributed by atoms with Crippen LogP contribution in [-0.4, -0.2) is 22.5 Å². The smallest absolute Gasteiger partial charge is 0.329 e. The molecule has 2 aliphatic carbocycles. The Morgan fingerprint density at radius 1 is 0.810 bits per heavy atom. The van der Waals surface area contributed by atoms with Gasteiger partial charge in [0, 0.05) is 5.92 Å². The molecule has 4 heteroatoms. The third kappa shape index (κ3) is 4.45. The zero-order valence-electron chi connectivity index (χ0n) is 13.0. The molecule has 1 amide bonds. The van der Waals surface area contributed by atoms with Crippen LogP contribution < -0.4 is 5.32 Å². The number of amides is 1. The first-order chi connectivity index (χ1) is 10.1. The lowest BCUT2D eigenvalue weighted by Crippen LogP contribution is -2.55. The van der Waals surface area contributed by atoms with Crippen LogP contribution in [0.25, 0.3) is 0 Å². The Labute approximate surface area is 127 Å². The van der Waals surface area contributed by atoms with E-state index in [0.29, 0.717) is 12.8 Å². The molecule has 0 aliphatic heterocycles. The van der Waals surface area contributed by atoms with E-state index in [4.69, 9.17) is 0 Å². The highest BCUT2D eigenvalue weighted by Gasteiger charge is 2.41. The predicted octanol–water partition coefficient (Wildman–Crippen LogP) is 3.64. The molecule has 0 saturated heterocycles. The van der Waals surface area contributed by atoms with Crippen molar-refractivity contribution in [3.63, 3.8) is 0 Å². The molecule has 0 radical (unpaired) electrons. The molecular formula is C17H29NO3. The number of carbonyl (C=O) groups is 2. The van der Waals surface area contributed by atoms with Gasteiger partial charge in [-0.3, -0.25) is 4.79 Å². The van der Waals surface area contributed by atoms with Crippen LogP contribution in [0.15, 0.2) is 0 Å². The van der Waals surface area contributed by atoms with Crippen molar-refractivity contribution in [2.45, 2.75) is 89.0 Å². The summed E-state index contributed by atoms with van der Waals surface area (Å²) < 4.78 is 0. The molecule has 2 aliphatic rings. The molecule has 0 bridgehead atoms. The van der Waals surface area contributed by atoms with E-state index in [1.54, 1.807) is 0 Å². The van der Waals surface area contributed by atoms with Crippen molar-refractivity contribution in [2.75, 3.05) is 0 Å². The molecule has 0 aromatic carbocycles. The molecule has 21 heavy (non-hydrogen) atoms. The van der Waals surface area contributed by atoms with Gasteiger partial charge < -0.3 is 10.4 Å². The Hall–Kier alpha value is -1.06. The zero-order valence-corrected chi connectivity index (χ0v) is 13.0. The number of nitrogens with one attached hydrogen (secondary N) is 1. The average Bonchev–Trinajstić information content (AvgIpc) is 2.64. The number of carboxylic acid groups (broad SMARTS) is 1. The Kier molecular flexibility index (Phi) is 6.07. The molecule has 2 N–H and O–H groups in total. The van der Waals surface area contributed by atoms with Gasteiger partial charge in [0.25, 0.3) is 0 Å². The van der Waals surface area contributed by atoms with Crippen LogP contribution in [0.3, 0.4) is 0 Å². The standard InChI is InChI=1S/C17H29NO3/c19-15(14-10-6-2-1-3-7-11-14)18-17(16(20)21)12-8-4-5-9-13-17/h14H,1-13H2,(H,18,19)(H,20,21). The maximum atomic E-state index is 12.6. The van der Waals surface area contributed by atoms with Crippen LogP contribution in [-0.2, 0) is 9.59 Å². The first kappa shape index (κ1) is 16.3. The van der Waals surface area contributed by atoms with Crippen molar-refractivity contribution >= 4 is 11.9 Å². The topological polar surface area (TPSA) is 66.4 Å². The third-order valence-electron chi connectivity index (χ3n) is 5.20. The molecule has 2 fully saturated rings. The first-order valence-corrected chi connectivity index (χ1v) is 8.69. The maximum Gasteiger partial charge on any atom is 0.329 e. The summed E-state index contributed by atoms with van der Waals surface area (Å²) in [6, 6.07) is 0. The molecule has 0 atom stereocenters. The number of hydrogen-bond acceptors (Lipinski definition) is 2. The molecule has 4 nitrogen and oxygen atoms in total. The van der Waals surface area contributed by atoms with Gasteiger partial charge in [0.05, 0.1) is 0 Å². The third-order valence-corrected chi connectivity index (χ3v) is 5.20. The molecule has 0 aromatic heterocycles. The summed E-state index contributed by atoms with van der Waals surface area (Å²) in [5.41, 5.74) is -1.00. The van der Waals surface area contributed by atoms with Gasteiger partial charge in [-0.25, -0.2) is 4.79 Å². The van der Waals surface area contributed by atoms with Crippen molar-refractivity contribution < 1.29 is 14.7 Å². The first-order valence-electron chi connectivity index (χ1n) is 8.69. The van der Waals surface area contributed by atoms with Gasteiger partial charge in [-0.2, -0.15) is 0 Å². The van der Waals surface area contributed by atoms with E-state index in [1.165, 1.54) is 19.3 Å². The summed E-state index contributed by atoms with van der Waals surface area (Å²) >= 11 is 0. The van der Waals surface area contributed by atoms with Gasteiger partial charge in [-0.15, -0.1) is 0 Å². The van der Waals surface area contributed by atoms with Crippen molar-refractivity contribution in [3.05, 3.63) is 0 Å². The van der Waals surface area contributed by atoms with Crippen molar-refractivity contribution in [1.82, 2.24) is 5.32 Å². The van der Waals surface area contributed by atoms with E-state index in [-0.39, 0.29) is 11.8 Å². The van der Waals surface area contributed by atoms with Gasteiger partial charge >= 0.3 is 5.97 Å². The lowest BCUT2D eigenvalue weighted by Gasteiger charge is -2.31. The van der Waals surface area contributed by atoms with Gasteiger partial charge in [0.1, 0.15) is 5.54 Å². The SMILES string of the molecule is O=C(NC1(C(=O)O)CCCCCC1)C1CCCCCCC1. The summed E-state index contributed by atoms with van der Waals surface area (Å²) in [6.45, 7) is 0. The lowest BCUT2D eigenvalue weighted by atomic mass is 9.86. The van der Waals surface area contributed by atoms with Crippen LogP contribution in [0.1, 0.15) is 83.5 Å². The molecular weight excluding hydrogens is 266 g/mol. The number of hydrogen-bond donors (Lipinski definition) is 2. The molecule has 0 unspecified atom stereocenters. The van der Waals surface area contributed by atoms with Gasteiger partial charge in [0.15, 0.2) is 0 Å². The zero-order chi connectivity index (χ0) is 15.1. The summed E-state index contributed by atoms with van der Waals surface area (Å²) in [4.78, 5) is 24.3. The highest BCUT2D eigenvalue weighted by molar-refractivity contribution is 5.88. The summed E-state index contributed by atoms with van der Waals surface area (Å²) in [7, 11) is 0. The normalized spacial score (nSPS) is 24.4. The molecule has 2 saturated carbocycles. The van der Waals surface area contributed by atoms with E-state index in [0.717, 1.165) is 51.4 Å². The summed E-state index contributed by atoms with van der Waals surface area (Å²) in [6.07, 6.45) is 12.8. The minimum absolute atomic E-state index is 0.0128. The minimum atomic E-state index is -1.00. The van der Waals surface area contributed by atoms with E-state index in [2.05, 4.69) is 5.32 Å². The highest BCUT2D eigenvalue weighted by Crippen LogP contribution is 2.29. The summed E-state index contributed by atoms with van der Waals surface area (Å²) in [5.74, 6) is -0.838. The monoisotopic (exact) mass is 295 g/mol. The average molecular weight is 295 g/mol. The van der Waals surface area contributed by atoms with Gasteiger partial charge in [-0.1, -0.05) is 57.8 Å². The van der Waals surface area contributed by atoms with E-state index in [1.807, 2.05) is 0 Å². The number of carbonyl (C=O) groups excluding carboxylic acids is 1. The van der Waals surface area contributed by atoms with Crippen LogP contribution in [0.4, 0.5) is 0 Å². The van der Waals surface area contributed by atoms with E-state index < -0.39 is 11.5 Å². The fraction of sp³-hybridized carbons (Fsp3) is 0.882. The van der Waals surface area contributed by atoms with Crippen molar-refractivity contribution in [1.29, 1.82) is 0 Å².